The van der Waals surface area contributed by atoms with Crippen LogP contribution in [0.2, 0.25) is 0 Å². The molecule has 0 atom stereocenters. The van der Waals surface area contributed by atoms with Crippen LogP contribution < -0.4 is 20.5 Å². The molecular weight excluding hydrogens is 417 g/mol. The van der Waals surface area contributed by atoms with Gasteiger partial charge in [0.2, 0.25) is 0 Å². The fourth-order valence-electron chi connectivity index (χ4n) is 1.62. The Labute approximate surface area is 149 Å². The lowest BCUT2D eigenvalue weighted by molar-refractivity contribution is 0.555. The van der Waals surface area contributed by atoms with Gasteiger partial charge in [-0.05, 0) is 38.5 Å². The highest BCUT2D eigenvalue weighted by atomic mass is 127. The van der Waals surface area contributed by atoms with E-state index in [1.807, 2.05) is 31.2 Å². The number of hydrogen-bond acceptors (Lipinski definition) is 3. The molecule has 0 fully saturated rings. The molecule has 1 aromatic rings. The minimum absolute atomic E-state index is 0. The molecule has 0 aliphatic carbocycles. The summed E-state index contributed by atoms with van der Waals surface area (Å²) in [6.45, 7) is 5.92. The molecule has 0 unspecified atom stereocenters. The van der Waals surface area contributed by atoms with Gasteiger partial charge in [-0.25, -0.2) is 4.72 Å². The van der Waals surface area contributed by atoms with Crippen LogP contribution in [0.3, 0.4) is 0 Å². The molecule has 9 heteroatoms. The predicted octanol–water partition coefficient (Wildman–Crippen LogP) is 1.17. The Morgan fingerprint density at radius 2 is 2.05 bits per heavy atom. The van der Waals surface area contributed by atoms with Crippen molar-refractivity contribution in [3.05, 3.63) is 29.8 Å². The van der Waals surface area contributed by atoms with Crippen LogP contribution in [0.15, 0.2) is 29.3 Å². The molecule has 0 aliphatic rings. The van der Waals surface area contributed by atoms with Gasteiger partial charge in [-0.3, -0.25) is 4.99 Å². The maximum absolute atomic E-state index is 11.5. The molecule has 22 heavy (non-hydrogen) atoms. The van der Waals surface area contributed by atoms with Crippen LogP contribution in [-0.2, 0) is 10.2 Å². The molecule has 126 valence electrons. The van der Waals surface area contributed by atoms with Gasteiger partial charge in [-0.2, -0.15) is 13.1 Å². The fourth-order valence-corrected chi connectivity index (χ4v) is 2.68. The van der Waals surface area contributed by atoms with Gasteiger partial charge in [0.1, 0.15) is 0 Å². The molecule has 0 radical (unpaired) electrons. The summed E-state index contributed by atoms with van der Waals surface area (Å²) in [6, 6.07) is 7.56. The van der Waals surface area contributed by atoms with Gasteiger partial charge < -0.3 is 11.1 Å². The number of nitrogens with zero attached hydrogens (tertiary/aromatic N) is 1. The lowest BCUT2D eigenvalue weighted by atomic mass is 10.2. The van der Waals surface area contributed by atoms with Gasteiger partial charge in [0.05, 0.1) is 6.54 Å². The molecule has 1 aromatic carbocycles. The minimum Gasteiger partial charge on any atom is -0.370 e. The number of nitrogens with two attached hydrogens (primary N) is 1. The zero-order chi connectivity index (χ0) is 15.9. The molecule has 7 nitrogen and oxygen atoms in total. The van der Waals surface area contributed by atoms with E-state index in [4.69, 9.17) is 5.73 Å². The van der Waals surface area contributed by atoms with E-state index in [0.29, 0.717) is 0 Å². The first kappa shape index (κ1) is 21.1. The van der Waals surface area contributed by atoms with Crippen molar-refractivity contribution in [1.82, 2.24) is 9.44 Å². The molecule has 0 bridgehead atoms. The van der Waals surface area contributed by atoms with Crippen molar-refractivity contribution in [1.29, 1.82) is 0 Å². The van der Waals surface area contributed by atoms with E-state index >= 15 is 0 Å². The maximum atomic E-state index is 11.5. The van der Waals surface area contributed by atoms with Crippen LogP contribution in [0, 0.1) is 6.92 Å². The molecule has 1 rings (SSSR count). The number of aryl methyl sites for hydroxylation is 1. The smallest absolute Gasteiger partial charge is 0.277 e. The zero-order valence-electron chi connectivity index (χ0n) is 13.0. The van der Waals surface area contributed by atoms with Crippen LogP contribution in [0.1, 0.15) is 19.4 Å². The second-order valence-electron chi connectivity index (χ2n) is 4.93. The average molecular weight is 441 g/mol. The SMILES string of the molecule is Cc1cccc(NC(N)=NCCNS(=O)(=O)NC(C)C)c1.I. The predicted molar refractivity (Wildman–Crippen MR) is 102 cm³/mol. The summed E-state index contributed by atoms with van der Waals surface area (Å²) in [6.07, 6.45) is 0. The Balaban J connectivity index is 0.00000441. The molecule has 0 heterocycles. The molecule has 0 aromatic heterocycles. The average Bonchev–Trinajstić information content (AvgIpc) is 2.33. The van der Waals surface area contributed by atoms with Crippen molar-refractivity contribution < 1.29 is 8.42 Å². The standard InChI is InChI=1S/C13H23N5O2S.HI/c1-10(2)18-21(19,20)16-8-7-15-13(14)17-12-6-4-5-11(3)9-12;/h4-6,9-10,16,18H,7-8H2,1-3H3,(H3,14,15,17);1H. The van der Waals surface area contributed by atoms with E-state index in [0.717, 1.165) is 11.3 Å². The third-order valence-electron chi connectivity index (χ3n) is 2.37. The van der Waals surface area contributed by atoms with E-state index in [1.54, 1.807) is 13.8 Å². The molecule has 0 spiro atoms. The number of halogens is 1. The van der Waals surface area contributed by atoms with Crippen LogP contribution >= 0.6 is 24.0 Å². The van der Waals surface area contributed by atoms with Crippen molar-refractivity contribution in [3.8, 4) is 0 Å². The van der Waals surface area contributed by atoms with Crippen LogP contribution in [0.4, 0.5) is 5.69 Å². The van der Waals surface area contributed by atoms with Crippen LogP contribution in [0.5, 0.6) is 0 Å². The van der Waals surface area contributed by atoms with E-state index in [9.17, 15) is 8.42 Å². The van der Waals surface area contributed by atoms with Crippen molar-refractivity contribution in [2.75, 3.05) is 18.4 Å². The van der Waals surface area contributed by atoms with E-state index in [2.05, 4.69) is 19.8 Å². The van der Waals surface area contributed by atoms with E-state index in [1.165, 1.54) is 0 Å². The molecule has 0 saturated heterocycles. The summed E-state index contributed by atoms with van der Waals surface area (Å²) in [5, 5.41) is 2.95. The van der Waals surface area contributed by atoms with Gasteiger partial charge in [0, 0.05) is 18.3 Å². The molecule has 0 amide bonds. The number of benzene rings is 1. The molecule has 5 N–H and O–H groups in total. The Morgan fingerprint density at radius 1 is 1.36 bits per heavy atom. The topological polar surface area (TPSA) is 109 Å². The lowest BCUT2D eigenvalue weighted by Crippen LogP contribution is -2.41. The second-order valence-corrected chi connectivity index (χ2v) is 6.46. The summed E-state index contributed by atoms with van der Waals surface area (Å²) in [5.74, 6) is 0.247. The minimum atomic E-state index is -3.47. The third-order valence-corrected chi connectivity index (χ3v) is 3.73. The van der Waals surface area contributed by atoms with Crippen molar-refractivity contribution in [2.24, 2.45) is 10.7 Å². The Bertz CT molecular complexity index is 590. The maximum Gasteiger partial charge on any atom is 0.277 e. The highest BCUT2D eigenvalue weighted by Gasteiger charge is 2.09. The summed E-state index contributed by atoms with van der Waals surface area (Å²) in [7, 11) is -3.47. The number of nitrogens with one attached hydrogen (secondary N) is 3. The quantitative estimate of drug-likeness (QED) is 0.221. The number of anilines is 1. The first-order chi connectivity index (χ1) is 9.78. The Kier molecular flexibility index (Phi) is 9.56. The highest BCUT2D eigenvalue weighted by Crippen LogP contribution is 2.08. The molecule has 0 saturated carbocycles. The van der Waals surface area contributed by atoms with Crippen molar-refractivity contribution in [2.45, 2.75) is 26.8 Å². The monoisotopic (exact) mass is 441 g/mol. The number of hydrogen-bond donors (Lipinski definition) is 4. The molecule has 0 aliphatic heterocycles. The summed E-state index contributed by atoms with van der Waals surface area (Å²) >= 11 is 0. The largest absolute Gasteiger partial charge is 0.370 e. The summed E-state index contributed by atoms with van der Waals surface area (Å²) < 4.78 is 27.8. The number of guanidine groups is 1. The Morgan fingerprint density at radius 3 is 2.64 bits per heavy atom. The van der Waals surface area contributed by atoms with Gasteiger partial charge in [0.15, 0.2) is 5.96 Å². The summed E-state index contributed by atoms with van der Waals surface area (Å²) in [5.41, 5.74) is 7.69. The van der Waals surface area contributed by atoms with Gasteiger partial charge in [-0.1, -0.05) is 12.1 Å². The first-order valence-electron chi connectivity index (χ1n) is 6.69. The fraction of sp³-hybridized carbons (Fsp3) is 0.462. The summed E-state index contributed by atoms with van der Waals surface area (Å²) in [4.78, 5) is 4.06. The highest BCUT2D eigenvalue weighted by molar-refractivity contribution is 14.0. The number of aliphatic imine (C=N–C) groups is 1. The van der Waals surface area contributed by atoms with Gasteiger partial charge in [-0.15, -0.1) is 24.0 Å². The van der Waals surface area contributed by atoms with Gasteiger partial charge in [0.25, 0.3) is 10.2 Å². The van der Waals surface area contributed by atoms with Crippen LogP contribution in [0.25, 0.3) is 0 Å². The Hall–Kier alpha value is -0.910. The number of rotatable bonds is 7. The van der Waals surface area contributed by atoms with E-state index < -0.39 is 10.2 Å². The molecular formula is C13H24IN5O2S. The second kappa shape index (κ2) is 9.98. The zero-order valence-corrected chi connectivity index (χ0v) is 16.1. The normalized spacial score (nSPS) is 12.1. The van der Waals surface area contributed by atoms with Crippen LogP contribution in [-0.4, -0.2) is 33.5 Å². The van der Waals surface area contributed by atoms with E-state index in [-0.39, 0.29) is 49.1 Å². The van der Waals surface area contributed by atoms with Crippen molar-refractivity contribution in [3.63, 3.8) is 0 Å². The van der Waals surface area contributed by atoms with Crippen molar-refractivity contribution >= 4 is 45.8 Å². The van der Waals surface area contributed by atoms with Gasteiger partial charge >= 0.3 is 0 Å². The first-order valence-corrected chi connectivity index (χ1v) is 8.17. The lowest BCUT2D eigenvalue weighted by Gasteiger charge is -2.10. The third kappa shape index (κ3) is 9.18.